The smallest absolute Gasteiger partial charge is 1.00 e. The van der Waals surface area contributed by atoms with E-state index in [0.717, 1.165) is 6.07 Å². The second-order valence-corrected chi connectivity index (χ2v) is 11.1. The number of β-lactam (4-membered cyclic amide) rings is 1. The number of para-hydroxylation sites is 1. The number of carboxylic acid groups (broad SMARTS) is 1. The van der Waals surface area contributed by atoms with Crippen LogP contribution < -0.4 is 39.2 Å². The van der Waals surface area contributed by atoms with E-state index < -0.39 is 48.2 Å². The van der Waals surface area contributed by atoms with Crippen LogP contribution in [0.25, 0.3) is 0 Å². The number of aliphatic hydroxyl groups is 1. The van der Waals surface area contributed by atoms with Crippen molar-refractivity contribution in [3.8, 4) is 5.75 Å². The molecule has 0 aromatic heterocycles. The summed E-state index contributed by atoms with van der Waals surface area (Å²) in [6.07, 6.45) is 0.506. The monoisotopic (exact) mass is 516 g/mol. The maximum Gasteiger partial charge on any atom is 1.00 e. The van der Waals surface area contributed by atoms with Gasteiger partial charge >= 0.3 is 124 Å². The van der Waals surface area contributed by atoms with Gasteiger partial charge < -0.3 is 16.5 Å². The van der Waals surface area contributed by atoms with Crippen molar-refractivity contribution in [1.82, 2.24) is 4.90 Å². The van der Waals surface area contributed by atoms with Crippen molar-refractivity contribution in [3.05, 3.63) is 18.2 Å². The first-order valence-corrected chi connectivity index (χ1v) is 12.8. The van der Waals surface area contributed by atoms with Gasteiger partial charge in [0.1, 0.15) is 5.41 Å². The number of carbonyl (C=O) groups is 3. The normalized spacial score (nSPS) is 22.5. The van der Waals surface area contributed by atoms with Gasteiger partial charge in [-0.25, -0.2) is 0 Å². The van der Waals surface area contributed by atoms with Gasteiger partial charge in [-0.15, -0.1) is 11.8 Å². The number of amides is 2. The van der Waals surface area contributed by atoms with Gasteiger partial charge in [-0.3, -0.25) is 9.59 Å². The Labute approximate surface area is 202 Å². The molecule has 2 saturated heterocycles. The minimum absolute atomic E-state index is 0. The molecule has 3 rings (SSSR count). The third kappa shape index (κ3) is 6.04. The SMILES string of the molecule is CC(=O)Nc1cccc([As](=O)(O)O)c1O.O=C1C[C@H]2SCC(CO)(C(=O)O)CN12.[H-].[Na+]. The van der Waals surface area contributed by atoms with Gasteiger partial charge in [-0.2, -0.15) is 0 Å². The predicted molar refractivity (Wildman–Crippen MR) is 104 cm³/mol. The number of hydrogen-bond donors (Lipinski definition) is 6. The number of phenolic OH excluding ortho intramolecular Hbond substituents is 1. The third-order valence-electron chi connectivity index (χ3n) is 4.44. The molecule has 1 unspecified atom stereocenters. The summed E-state index contributed by atoms with van der Waals surface area (Å²) in [5.41, 5.74) is -1.17. The van der Waals surface area contributed by atoms with Crippen molar-refractivity contribution in [2.24, 2.45) is 5.41 Å². The fourth-order valence-electron chi connectivity index (χ4n) is 2.74. The van der Waals surface area contributed by atoms with E-state index in [-0.39, 0.29) is 54.5 Å². The molecule has 14 heteroatoms. The minimum atomic E-state index is -5.15. The molecule has 1 aromatic rings. The van der Waals surface area contributed by atoms with Crippen LogP contribution in [0.1, 0.15) is 14.8 Å². The Morgan fingerprint density at radius 1 is 1.40 bits per heavy atom. The van der Waals surface area contributed by atoms with Crippen LogP contribution in [0.2, 0.25) is 0 Å². The molecule has 11 nitrogen and oxygen atoms in total. The number of aliphatic hydroxyl groups excluding tert-OH is 1. The Kier molecular flexibility index (Phi) is 9.52. The fourth-order valence-corrected chi connectivity index (χ4v) is 5.61. The summed E-state index contributed by atoms with van der Waals surface area (Å²) in [6.45, 7) is 0.968. The number of nitrogens with zero attached hydrogens (tertiary/aromatic N) is 1. The van der Waals surface area contributed by atoms with Gasteiger partial charge in [0.2, 0.25) is 5.91 Å². The molecule has 0 saturated carbocycles. The van der Waals surface area contributed by atoms with Crippen LogP contribution in [0.3, 0.4) is 0 Å². The number of carboxylic acids is 1. The fraction of sp³-hybridized carbons (Fsp3) is 0.438. The van der Waals surface area contributed by atoms with Gasteiger partial charge in [0.25, 0.3) is 0 Å². The zero-order chi connectivity index (χ0) is 22.0. The molecule has 1 aromatic carbocycles. The molecule has 6 N–H and O–H groups in total. The minimum Gasteiger partial charge on any atom is -1.00 e. The van der Waals surface area contributed by atoms with Gasteiger partial charge in [0, 0.05) is 12.3 Å². The second-order valence-electron chi connectivity index (χ2n) is 6.63. The molecule has 0 spiro atoms. The van der Waals surface area contributed by atoms with Crippen LogP contribution in [0.5, 0.6) is 5.75 Å². The third-order valence-corrected chi connectivity index (χ3v) is 8.04. The van der Waals surface area contributed by atoms with E-state index in [4.69, 9.17) is 18.4 Å². The molecule has 30 heavy (non-hydrogen) atoms. The van der Waals surface area contributed by atoms with Gasteiger partial charge in [-0.1, -0.05) is 0 Å². The maximum atomic E-state index is 11.1. The van der Waals surface area contributed by atoms with Crippen LogP contribution in [-0.4, -0.2) is 84.6 Å². The summed E-state index contributed by atoms with van der Waals surface area (Å²) in [5.74, 6) is -1.67. The molecular weight excluding hydrogens is 494 g/mol. The van der Waals surface area contributed by atoms with Crippen LogP contribution in [0.15, 0.2) is 18.2 Å². The molecule has 0 bridgehead atoms. The van der Waals surface area contributed by atoms with Gasteiger partial charge in [-0.05, 0) is 0 Å². The molecule has 2 aliphatic rings. The number of aromatic hydroxyl groups is 1. The number of benzene rings is 1. The van der Waals surface area contributed by atoms with Crippen molar-refractivity contribution >= 4 is 53.8 Å². The average Bonchev–Trinajstić information content (AvgIpc) is 2.62. The van der Waals surface area contributed by atoms with Crippen molar-refractivity contribution in [2.75, 3.05) is 24.2 Å². The molecule has 2 fully saturated rings. The van der Waals surface area contributed by atoms with E-state index in [1.807, 2.05) is 0 Å². The summed E-state index contributed by atoms with van der Waals surface area (Å²) in [5, 5.41) is 30.0. The summed E-state index contributed by atoms with van der Waals surface area (Å²) in [7, 11) is 0. The zero-order valence-electron chi connectivity index (χ0n) is 17.3. The Hall–Kier alpha value is -0.982. The number of hydrogen-bond acceptors (Lipinski definition) is 7. The van der Waals surface area contributed by atoms with Crippen molar-refractivity contribution in [2.45, 2.75) is 18.7 Å². The summed E-state index contributed by atoms with van der Waals surface area (Å²) in [4.78, 5) is 34.4. The number of rotatable bonds is 4. The standard InChI is InChI=1S/C8H10AsNO5.C8H11NO4S.Na.H/c1-5(11)10-7-4-2-3-6(8(7)12)9(13,14)15;10-3-8(7(12)13)2-9-5(11)1-6(9)14-4-8;;/h2-4,12H,1H3,(H,10,11)(H2,13,14,15);6,10H,1-4H2,(H,12,13);;/q;;+1;-1/t;6-,8?;;/m.1../s1. The van der Waals surface area contributed by atoms with E-state index in [1.54, 1.807) is 4.90 Å². The number of aliphatic carboxylic acids is 1. The maximum absolute atomic E-state index is 11.1. The molecule has 2 amide bonds. The van der Waals surface area contributed by atoms with Crippen LogP contribution >= 0.6 is 11.8 Å². The Balaban J connectivity index is 0.000000546. The van der Waals surface area contributed by atoms with Crippen LogP contribution in [-0.2, 0) is 18.1 Å². The van der Waals surface area contributed by atoms with Gasteiger partial charge in [0.05, 0.1) is 18.4 Å². The van der Waals surface area contributed by atoms with E-state index in [2.05, 4.69) is 5.32 Å². The number of nitrogens with one attached hydrogen (secondary N) is 1. The predicted octanol–water partition coefficient (Wildman–Crippen LogP) is -4.62. The number of thioether (sulfide) groups is 1. The summed E-state index contributed by atoms with van der Waals surface area (Å²) < 4.78 is 28.4. The van der Waals surface area contributed by atoms with E-state index in [1.165, 1.54) is 30.8 Å². The van der Waals surface area contributed by atoms with E-state index in [9.17, 15) is 23.2 Å². The largest absolute Gasteiger partial charge is 1.00 e. The van der Waals surface area contributed by atoms with Gasteiger partial charge in [0.15, 0.2) is 0 Å². The first-order valence-electron chi connectivity index (χ1n) is 8.32. The number of anilines is 1. The first kappa shape index (κ1) is 27.1. The average molecular weight is 516 g/mol. The summed E-state index contributed by atoms with van der Waals surface area (Å²) in [6, 6.07) is 3.83. The molecule has 2 atom stereocenters. The number of phenols is 1. The van der Waals surface area contributed by atoms with Crippen LogP contribution in [0, 0.1) is 5.41 Å². The Bertz CT molecular complexity index is 887. The quantitative estimate of drug-likeness (QED) is 0.129. The summed E-state index contributed by atoms with van der Waals surface area (Å²) >= 11 is -3.71. The second kappa shape index (κ2) is 10.6. The van der Waals surface area contributed by atoms with Crippen molar-refractivity contribution in [3.63, 3.8) is 0 Å². The number of fused-ring (bicyclic) bond motifs is 1. The first-order chi connectivity index (χ1) is 13.4. The number of carbonyl (C=O) groups excluding carboxylic acids is 2. The molecule has 2 aliphatic heterocycles. The van der Waals surface area contributed by atoms with E-state index >= 15 is 0 Å². The van der Waals surface area contributed by atoms with Crippen molar-refractivity contribution in [1.29, 1.82) is 0 Å². The molecule has 162 valence electrons. The molecule has 0 radical (unpaired) electrons. The van der Waals surface area contributed by atoms with Crippen molar-refractivity contribution < 1.29 is 72.6 Å². The molecular formula is C16H22AsN2NaO9S. The topological polar surface area (TPSA) is 185 Å². The zero-order valence-corrected chi connectivity index (χ0v) is 21.0. The van der Waals surface area contributed by atoms with Crippen LogP contribution in [0.4, 0.5) is 5.69 Å². The van der Waals surface area contributed by atoms with E-state index in [0.29, 0.717) is 12.2 Å². The Morgan fingerprint density at radius 2 is 2.03 bits per heavy atom. The molecule has 0 aliphatic carbocycles. The Morgan fingerprint density at radius 3 is 2.50 bits per heavy atom. The molecule has 2 heterocycles.